The highest BCUT2D eigenvalue weighted by Crippen LogP contribution is 2.39. The van der Waals surface area contributed by atoms with Crippen molar-refractivity contribution in [3.05, 3.63) is 12.7 Å². The van der Waals surface area contributed by atoms with Crippen molar-refractivity contribution in [1.29, 1.82) is 0 Å². The van der Waals surface area contributed by atoms with Crippen LogP contribution in [0.4, 0.5) is 5.82 Å². The fourth-order valence-corrected chi connectivity index (χ4v) is 2.65. The summed E-state index contributed by atoms with van der Waals surface area (Å²) < 4.78 is 7.01. The van der Waals surface area contributed by atoms with Gasteiger partial charge in [0.1, 0.15) is 24.1 Å². The van der Waals surface area contributed by atoms with Crippen molar-refractivity contribution in [3.63, 3.8) is 0 Å². The van der Waals surface area contributed by atoms with Gasteiger partial charge in [-0.15, -0.1) is 0 Å². The monoisotopic (exact) mass is 341 g/mol. The molecule has 4 atom stereocenters. The van der Waals surface area contributed by atoms with E-state index in [9.17, 15) is 15.3 Å². The van der Waals surface area contributed by atoms with E-state index in [1.807, 2.05) is 0 Å². The summed E-state index contributed by atoms with van der Waals surface area (Å²) in [6.45, 7) is 0.887. The number of rotatable bonds is 6. The van der Waals surface area contributed by atoms with Crippen molar-refractivity contribution < 1.29 is 30.0 Å². The van der Waals surface area contributed by atoms with Gasteiger partial charge in [-0.05, 0) is 6.92 Å². The van der Waals surface area contributed by atoms with Crippen LogP contribution in [0.5, 0.6) is 0 Å². The van der Waals surface area contributed by atoms with E-state index in [1.54, 1.807) is 0 Å². The number of fused-ring (bicyclic) bond motifs is 1. The zero-order valence-electron chi connectivity index (χ0n) is 12.9. The number of ether oxygens (including phenoxy) is 1. The van der Waals surface area contributed by atoms with Gasteiger partial charge in [-0.2, -0.15) is 0 Å². The largest absolute Gasteiger partial charge is 0.394 e. The highest BCUT2D eigenvalue weighted by molar-refractivity contribution is 5.82. The molecular weight excluding hydrogens is 322 g/mol. The first-order chi connectivity index (χ1) is 11.5. The Morgan fingerprint density at radius 3 is 2.83 bits per heavy atom. The van der Waals surface area contributed by atoms with Gasteiger partial charge >= 0.3 is 0 Å². The first-order valence-electron chi connectivity index (χ1n) is 7.33. The smallest absolute Gasteiger partial charge is 0.181 e. The SMILES string of the molecule is C[C@]1(O)C(n2cnc3c(NOCCO)ncnc32)O[C@H](CO)[C@H]1O. The number of aliphatic hydroxyl groups is 4. The molecule has 5 N–H and O–H groups in total. The second kappa shape index (κ2) is 6.55. The summed E-state index contributed by atoms with van der Waals surface area (Å²) in [5, 5.41) is 38.6. The van der Waals surface area contributed by atoms with Gasteiger partial charge in [-0.3, -0.25) is 9.40 Å². The molecule has 0 aromatic carbocycles. The Labute approximate surface area is 136 Å². The Bertz CT molecular complexity index is 707. The first-order valence-corrected chi connectivity index (χ1v) is 7.33. The van der Waals surface area contributed by atoms with E-state index in [2.05, 4.69) is 20.4 Å². The lowest BCUT2D eigenvalue weighted by molar-refractivity contribution is -0.0950. The Balaban J connectivity index is 1.95. The van der Waals surface area contributed by atoms with E-state index >= 15 is 0 Å². The van der Waals surface area contributed by atoms with Crippen molar-refractivity contribution in [2.45, 2.75) is 31.0 Å². The predicted octanol–water partition coefficient (Wildman–Crippen LogP) is -1.84. The van der Waals surface area contributed by atoms with E-state index in [0.717, 1.165) is 0 Å². The van der Waals surface area contributed by atoms with Crippen LogP contribution in [0.15, 0.2) is 12.7 Å². The Morgan fingerprint density at radius 2 is 2.17 bits per heavy atom. The number of nitrogens with zero attached hydrogens (tertiary/aromatic N) is 4. The fraction of sp³-hybridized carbons (Fsp3) is 0.615. The summed E-state index contributed by atoms with van der Waals surface area (Å²) in [6, 6.07) is 0. The van der Waals surface area contributed by atoms with Gasteiger partial charge in [0, 0.05) is 0 Å². The third kappa shape index (κ3) is 2.70. The van der Waals surface area contributed by atoms with Crippen LogP contribution < -0.4 is 5.48 Å². The summed E-state index contributed by atoms with van der Waals surface area (Å²) in [7, 11) is 0. The second-order valence-electron chi connectivity index (χ2n) is 5.60. The lowest BCUT2D eigenvalue weighted by Crippen LogP contribution is -2.44. The second-order valence-corrected chi connectivity index (χ2v) is 5.60. The number of aliphatic hydroxyl groups excluding tert-OH is 3. The van der Waals surface area contributed by atoms with Crippen LogP contribution in [0.25, 0.3) is 11.2 Å². The molecule has 2 aromatic heterocycles. The maximum Gasteiger partial charge on any atom is 0.181 e. The van der Waals surface area contributed by atoms with Gasteiger partial charge in [0.2, 0.25) is 0 Å². The predicted molar refractivity (Wildman–Crippen MR) is 79.6 cm³/mol. The quantitative estimate of drug-likeness (QED) is 0.299. The maximum absolute atomic E-state index is 10.6. The maximum atomic E-state index is 10.6. The van der Waals surface area contributed by atoms with Crippen molar-refractivity contribution in [1.82, 2.24) is 19.5 Å². The summed E-state index contributed by atoms with van der Waals surface area (Å²) in [4.78, 5) is 17.3. The van der Waals surface area contributed by atoms with E-state index in [1.165, 1.54) is 24.1 Å². The minimum absolute atomic E-state index is 0.0665. The van der Waals surface area contributed by atoms with Crippen LogP contribution in [-0.4, -0.2) is 77.6 Å². The summed E-state index contributed by atoms with van der Waals surface area (Å²) in [5.41, 5.74) is 1.62. The highest BCUT2D eigenvalue weighted by Gasteiger charge is 2.53. The zero-order valence-corrected chi connectivity index (χ0v) is 12.9. The molecule has 0 saturated carbocycles. The highest BCUT2D eigenvalue weighted by atomic mass is 16.6. The lowest BCUT2D eigenvalue weighted by Gasteiger charge is -2.27. The molecule has 1 fully saturated rings. The molecule has 1 saturated heterocycles. The molecule has 1 unspecified atom stereocenters. The first kappa shape index (κ1) is 17.0. The van der Waals surface area contributed by atoms with Gasteiger partial charge in [0.05, 0.1) is 26.1 Å². The number of hydrogen-bond acceptors (Lipinski definition) is 10. The van der Waals surface area contributed by atoms with Crippen LogP contribution in [0.1, 0.15) is 13.2 Å². The van der Waals surface area contributed by atoms with Crippen LogP contribution in [-0.2, 0) is 9.57 Å². The number of hydrogen-bond donors (Lipinski definition) is 5. The summed E-state index contributed by atoms with van der Waals surface area (Å²) >= 11 is 0. The molecule has 11 nitrogen and oxygen atoms in total. The van der Waals surface area contributed by atoms with E-state index < -0.39 is 30.6 Å². The van der Waals surface area contributed by atoms with Gasteiger partial charge in [-0.1, -0.05) is 0 Å². The number of nitrogens with one attached hydrogen (secondary N) is 1. The van der Waals surface area contributed by atoms with Gasteiger partial charge < -0.3 is 25.2 Å². The van der Waals surface area contributed by atoms with Crippen LogP contribution in [0.3, 0.4) is 0 Å². The molecule has 0 spiro atoms. The van der Waals surface area contributed by atoms with E-state index in [0.29, 0.717) is 11.2 Å². The third-order valence-electron chi connectivity index (χ3n) is 3.91. The minimum atomic E-state index is -1.65. The zero-order chi connectivity index (χ0) is 17.3. The molecule has 3 heterocycles. The average Bonchev–Trinajstić information content (AvgIpc) is 3.08. The van der Waals surface area contributed by atoms with E-state index in [-0.39, 0.29) is 19.0 Å². The molecule has 1 aliphatic rings. The Hall–Kier alpha value is -1.89. The molecule has 3 rings (SSSR count). The van der Waals surface area contributed by atoms with Crippen LogP contribution in [0, 0.1) is 0 Å². The molecule has 0 bridgehead atoms. The normalized spacial score (nSPS) is 30.1. The molecule has 0 aliphatic carbocycles. The molecule has 11 heteroatoms. The van der Waals surface area contributed by atoms with Crippen molar-refractivity contribution in [2.24, 2.45) is 0 Å². The van der Waals surface area contributed by atoms with Crippen LogP contribution >= 0.6 is 0 Å². The van der Waals surface area contributed by atoms with Gasteiger partial charge in [0.15, 0.2) is 23.2 Å². The fourth-order valence-electron chi connectivity index (χ4n) is 2.65. The lowest BCUT2D eigenvalue weighted by atomic mass is 9.96. The van der Waals surface area contributed by atoms with Crippen molar-refractivity contribution >= 4 is 17.0 Å². The molecule has 2 aromatic rings. The molecule has 0 amide bonds. The minimum Gasteiger partial charge on any atom is -0.394 e. The van der Waals surface area contributed by atoms with Crippen molar-refractivity contribution in [3.8, 4) is 0 Å². The van der Waals surface area contributed by atoms with Crippen molar-refractivity contribution in [2.75, 3.05) is 25.3 Å². The molecular formula is C13H19N5O6. The van der Waals surface area contributed by atoms with Crippen LogP contribution in [0.2, 0.25) is 0 Å². The molecule has 1 aliphatic heterocycles. The van der Waals surface area contributed by atoms with Gasteiger partial charge in [-0.25, -0.2) is 20.4 Å². The number of aromatic nitrogens is 4. The topological polar surface area (TPSA) is 155 Å². The van der Waals surface area contributed by atoms with E-state index in [4.69, 9.17) is 14.7 Å². The Morgan fingerprint density at radius 1 is 1.38 bits per heavy atom. The Kier molecular flexibility index (Phi) is 4.62. The number of anilines is 1. The molecule has 24 heavy (non-hydrogen) atoms. The molecule has 0 radical (unpaired) electrons. The average molecular weight is 341 g/mol. The third-order valence-corrected chi connectivity index (χ3v) is 3.91. The molecule has 132 valence electrons. The summed E-state index contributed by atoms with van der Waals surface area (Å²) in [6.07, 6.45) is -0.514. The summed E-state index contributed by atoms with van der Waals surface area (Å²) in [5.74, 6) is 0.282. The number of imidazole rings is 1. The van der Waals surface area contributed by atoms with Gasteiger partial charge in [0.25, 0.3) is 0 Å². The standard InChI is InChI=1S/C13H19N5O6/c1-13(22)9(21)7(4-20)24-12(13)18-6-16-8-10(17-23-3-2-19)14-5-15-11(8)18/h5-7,9,12,19-22H,2-4H2,1H3,(H,14,15,17)/t7-,9-,12?,13-/m1/s1.